The number of aromatic nitrogens is 1. The van der Waals surface area contributed by atoms with Crippen molar-refractivity contribution in [2.75, 3.05) is 12.4 Å². The number of fused-ring (bicyclic) bond motifs is 1. The Morgan fingerprint density at radius 3 is 2.74 bits per heavy atom. The van der Waals surface area contributed by atoms with Gasteiger partial charge in [0.05, 0.1) is 28.2 Å². The number of aryl methyl sites for hydroxylation is 3. The molecule has 0 saturated heterocycles. The minimum absolute atomic E-state index is 0.00644. The Balaban J connectivity index is 1.63. The summed E-state index contributed by atoms with van der Waals surface area (Å²) in [6, 6.07) is 11.6. The van der Waals surface area contributed by atoms with Crippen LogP contribution in [0.2, 0.25) is 0 Å². The van der Waals surface area contributed by atoms with Crippen molar-refractivity contribution in [1.29, 1.82) is 5.26 Å². The van der Waals surface area contributed by atoms with Crippen LogP contribution < -0.4 is 4.74 Å². The van der Waals surface area contributed by atoms with Crippen molar-refractivity contribution in [3.05, 3.63) is 52.7 Å². The maximum absolute atomic E-state index is 12.7. The van der Waals surface area contributed by atoms with Crippen molar-refractivity contribution in [1.82, 2.24) is 4.98 Å². The van der Waals surface area contributed by atoms with E-state index in [9.17, 15) is 14.6 Å². The van der Waals surface area contributed by atoms with E-state index in [1.165, 1.54) is 5.56 Å². The van der Waals surface area contributed by atoms with Gasteiger partial charge >= 0.3 is 0 Å². The summed E-state index contributed by atoms with van der Waals surface area (Å²) in [6.45, 7) is 2.13. The summed E-state index contributed by atoms with van der Waals surface area (Å²) >= 11 is 0. The van der Waals surface area contributed by atoms with Crippen molar-refractivity contribution in [2.24, 2.45) is 0 Å². The van der Waals surface area contributed by atoms with Crippen molar-refractivity contribution >= 4 is 10.8 Å². The molecule has 1 aromatic heterocycles. The number of hydrogen-bond acceptors (Lipinski definition) is 5. The van der Waals surface area contributed by atoms with Gasteiger partial charge < -0.3 is 9.84 Å². The van der Waals surface area contributed by atoms with Gasteiger partial charge in [0.15, 0.2) is 0 Å². The summed E-state index contributed by atoms with van der Waals surface area (Å²) in [5.74, 6) is 0.662. The Morgan fingerprint density at radius 2 is 2.04 bits per heavy atom. The number of nitrogens with zero attached hydrogens (tertiary/aromatic N) is 2. The Hall–Kier alpha value is -2.23. The second-order valence-corrected chi connectivity index (χ2v) is 8.15. The summed E-state index contributed by atoms with van der Waals surface area (Å²) in [6.07, 6.45) is 3.97. The first-order valence-electron chi connectivity index (χ1n) is 9.31. The summed E-state index contributed by atoms with van der Waals surface area (Å²) in [4.78, 5) is 4.50. The molecule has 0 unspecified atom stereocenters. The fourth-order valence-corrected chi connectivity index (χ4v) is 4.35. The predicted octanol–water partition coefficient (Wildman–Crippen LogP) is 2.94. The number of pyridine rings is 1. The van der Waals surface area contributed by atoms with Gasteiger partial charge in [-0.15, -0.1) is 0 Å². The standard InChI is InChI=1S/C21H24N2O3S/c1-2-15-7-9-19(10-8-15)26-13-18(24)14-27(25)21-17(12-22)11-16-5-3-4-6-20(16)23-21/h7-11,18,24H,2-6,13-14H2,1H3/t18-,27-/m1/s1. The highest BCUT2D eigenvalue weighted by atomic mass is 32.2. The monoisotopic (exact) mass is 384 g/mol. The van der Waals surface area contributed by atoms with Crippen molar-refractivity contribution in [2.45, 2.75) is 50.2 Å². The van der Waals surface area contributed by atoms with Crippen LogP contribution >= 0.6 is 0 Å². The Bertz CT molecular complexity index is 859. The summed E-state index contributed by atoms with van der Waals surface area (Å²) in [5.41, 5.74) is 3.58. The number of benzene rings is 1. The maximum atomic E-state index is 12.7. The minimum Gasteiger partial charge on any atom is -0.491 e. The molecule has 1 aromatic carbocycles. The van der Waals surface area contributed by atoms with Gasteiger partial charge in [0, 0.05) is 5.69 Å². The van der Waals surface area contributed by atoms with Crippen LogP contribution in [0.5, 0.6) is 5.75 Å². The number of ether oxygens (including phenoxy) is 1. The zero-order valence-corrected chi connectivity index (χ0v) is 16.3. The fourth-order valence-electron chi connectivity index (χ4n) is 3.18. The normalized spacial score (nSPS) is 15.4. The van der Waals surface area contributed by atoms with Crippen LogP contribution in [0.3, 0.4) is 0 Å². The molecular formula is C21H24N2O3S. The largest absolute Gasteiger partial charge is 0.491 e. The van der Waals surface area contributed by atoms with Gasteiger partial charge in [-0.25, -0.2) is 4.98 Å². The van der Waals surface area contributed by atoms with E-state index in [4.69, 9.17) is 4.74 Å². The van der Waals surface area contributed by atoms with E-state index < -0.39 is 16.9 Å². The number of aliphatic hydroxyl groups excluding tert-OH is 1. The van der Waals surface area contributed by atoms with Crippen LogP contribution in [-0.4, -0.2) is 32.8 Å². The third-order valence-corrected chi connectivity index (χ3v) is 6.15. The van der Waals surface area contributed by atoms with Crippen LogP contribution in [0.15, 0.2) is 35.4 Å². The highest BCUT2D eigenvalue weighted by Gasteiger charge is 2.21. The lowest BCUT2D eigenvalue weighted by atomic mass is 9.95. The number of rotatable bonds is 7. The molecule has 2 atom stereocenters. The first-order valence-corrected chi connectivity index (χ1v) is 10.6. The smallest absolute Gasteiger partial charge is 0.145 e. The van der Waals surface area contributed by atoms with Crippen LogP contribution in [0, 0.1) is 11.3 Å². The summed E-state index contributed by atoms with van der Waals surface area (Å²) in [7, 11) is -1.55. The lowest BCUT2D eigenvalue weighted by molar-refractivity contribution is 0.125. The van der Waals surface area contributed by atoms with E-state index in [1.54, 1.807) is 0 Å². The van der Waals surface area contributed by atoms with Crippen LogP contribution in [0.1, 0.15) is 42.1 Å². The average molecular weight is 385 g/mol. The van der Waals surface area contributed by atoms with E-state index >= 15 is 0 Å². The van der Waals surface area contributed by atoms with E-state index in [1.807, 2.05) is 30.3 Å². The van der Waals surface area contributed by atoms with Gasteiger partial charge in [0.1, 0.15) is 23.5 Å². The van der Waals surface area contributed by atoms with E-state index in [2.05, 4.69) is 18.0 Å². The number of hydrogen-bond donors (Lipinski definition) is 1. The third-order valence-electron chi connectivity index (χ3n) is 4.72. The molecule has 6 heteroatoms. The molecule has 27 heavy (non-hydrogen) atoms. The zero-order chi connectivity index (χ0) is 19.2. The van der Waals surface area contributed by atoms with Gasteiger partial charge in [0.2, 0.25) is 0 Å². The van der Waals surface area contributed by atoms with E-state index in [-0.39, 0.29) is 17.4 Å². The van der Waals surface area contributed by atoms with Crippen LogP contribution in [0.25, 0.3) is 0 Å². The second-order valence-electron chi connectivity index (χ2n) is 6.74. The molecule has 0 saturated carbocycles. The molecule has 1 heterocycles. The van der Waals surface area contributed by atoms with Gasteiger partial charge in [-0.2, -0.15) is 5.26 Å². The van der Waals surface area contributed by atoms with Crippen molar-refractivity contribution in [3.8, 4) is 11.8 Å². The molecule has 142 valence electrons. The minimum atomic E-state index is -1.55. The van der Waals surface area contributed by atoms with Gasteiger partial charge in [-0.1, -0.05) is 19.1 Å². The zero-order valence-electron chi connectivity index (χ0n) is 15.5. The summed E-state index contributed by atoms with van der Waals surface area (Å²) < 4.78 is 18.3. The molecule has 0 radical (unpaired) electrons. The lowest BCUT2D eigenvalue weighted by Gasteiger charge is -2.17. The highest BCUT2D eigenvalue weighted by molar-refractivity contribution is 7.85. The van der Waals surface area contributed by atoms with Crippen LogP contribution in [-0.2, 0) is 30.1 Å². The fraction of sp³-hybridized carbons (Fsp3) is 0.429. The molecule has 0 aliphatic heterocycles. The number of nitriles is 1. The molecule has 1 aliphatic carbocycles. The topological polar surface area (TPSA) is 83.2 Å². The van der Waals surface area contributed by atoms with Gasteiger partial charge in [-0.3, -0.25) is 4.21 Å². The Labute approximate surface area is 162 Å². The third kappa shape index (κ3) is 4.94. The Kier molecular flexibility index (Phi) is 6.59. The molecule has 0 fully saturated rings. The van der Waals surface area contributed by atoms with E-state index in [0.717, 1.165) is 43.4 Å². The molecule has 2 aromatic rings. The molecule has 1 N–H and O–H groups in total. The average Bonchev–Trinajstić information content (AvgIpc) is 2.71. The molecule has 1 aliphatic rings. The first-order chi connectivity index (χ1) is 13.1. The quantitative estimate of drug-likeness (QED) is 0.793. The summed E-state index contributed by atoms with van der Waals surface area (Å²) in [5, 5.41) is 19.9. The molecule has 5 nitrogen and oxygen atoms in total. The van der Waals surface area contributed by atoms with E-state index in [0.29, 0.717) is 11.3 Å². The maximum Gasteiger partial charge on any atom is 0.145 e. The van der Waals surface area contributed by atoms with Crippen molar-refractivity contribution in [3.63, 3.8) is 0 Å². The lowest BCUT2D eigenvalue weighted by Crippen LogP contribution is -2.25. The molecule has 3 rings (SSSR count). The predicted molar refractivity (Wildman–Crippen MR) is 104 cm³/mol. The second kappa shape index (κ2) is 9.12. The van der Waals surface area contributed by atoms with Gasteiger partial charge in [0.25, 0.3) is 0 Å². The number of aliphatic hydroxyl groups is 1. The molecule has 0 bridgehead atoms. The molecule has 0 amide bonds. The van der Waals surface area contributed by atoms with Gasteiger partial charge in [-0.05, 0) is 61.4 Å². The van der Waals surface area contributed by atoms with Crippen LogP contribution in [0.4, 0.5) is 0 Å². The molecule has 0 spiro atoms. The van der Waals surface area contributed by atoms with Crippen molar-refractivity contribution < 1.29 is 14.1 Å². The SMILES string of the molecule is CCc1ccc(OC[C@@H](O)C[S@@](=O)c2nc3c(cc2C#N)CCCC3)cc1. The first kappa shape index (κ1) is 19.5. The highest BCUT2D eigenvalue weighted by Crippen LogP contribution is 2.24. The Morgan fingerprint density at radius 1 is 1.30 bits per heavy atom. The molecular weight excluding hydrogens is 360 g/mol.